The Hall–Kier alpha value is -6.73. The number of hydrogen-bond donors (Lipinski definition) is 4. The normalized spacial score (nSPS) is 18.5. The molecule has 1 saturated heterocycles. The van der Waals surface area contributed by atoms with Gasteiger partial charge in [-0.25, -0.2) is 4.98 Å². The average molecular weight is 1180 g/mol. The number of carbonyl (C=O) groups excluding carboxylic acids is 4. The second-order valence-electron chi connectivity index (χ2n) is 21.3. The van der Waals surface area contributed by atoms with E-state index >= 15 is 0 Å². The predicted molar refractivity (Wildman–Crippen MR) is 317 cm³/mol. The van der Waals surface area contributed by atoms with Crippen molar-refractivity contribution < 1.29 is 52.8 Å². The molecular weight excluding hydrogens is 1110 g/mol. The van der Waals surface area contributed by atoms with Crippen LogP contribution in [0.2, 0.25) is 0 Å². The van der Waals surface area contributed by atoms with Crippen molar-refractivity contribution in [2.75, 3.05) is 70.4 Å². The summed E-state index contributed by atoms with van der Waals surface area (Å²) in [6.45, 7) is 11.8. The van der Waals surface area contributed by atoms with E-state index in [0.717, 1.165) is 44.7 Å². The molecule has 3 atom stereocenters. The van der Waals surface area contributed by atoms with Crippen molar-refractivity contribution in [2.24, 2.45) is 0 Å². The molecule has 0 spiro atoms. The fraction of sp³-hybridized carbons (Fsp3) is 0.424. The predicted octanol–water partition coefficient (Wildman–Crippen LogP) is 7.47. The summed E-state index contributed by atoms with van der Waals surface area (Å²) in [6.07, 6.45) is 7.76. The molecule has 4 aromatic rings. The Labute approximate surface area is 490 Å². The van der Waals surface area contributed by atoms with E-state index in [2.05, 4.69) is 97.1 Å². The number of ketones is 1. The van der Waals surface area contributed by atoms with Gasteiger partial charge in [-0.1, -0.05) is 67.1 Å². The number of anilines is 1. The lowest BCUT2D eigenvalue weighted by atomic mass is 9.76. The van der Waals surface area contributed by atoms with Gasteiger partial charge in [0.1, 0.15) is 30.8 Å². The maximum atomic E-state index is 14.7. The van der Waals surface area contributed by atoms with Gasteiger partial charge in [0.25, 0.3) is 5.69 Å². The van der Waals surface area contributed by atoms with Gasteiger partial charge in [0.15, 0.2) is 23.0 Å². The Balaban J connectivity index is 0.858. The number of pyridine rings is 1. The largest absolute Gasteiger partial charge is 0.691 e. The van der Waals surface area contributed by atoms with Crippen molar-refractivity contribution >= 4 is 79.9 Å². The fourth-order valence-corrected chi connectivity index (χ4v) is 13.4. The van der Waals surface area contributed by atoms with Crippen LogP contribution in [-0.2, 0) is 39.4 Å². The maximum Gasteiger partial charge on any atom is 0.278 e. The minimum atomic E-state index is -1.14. The highest BCUT2D eigenvalue weighted by atomic mass is 33.1. The van der Waals surface area contributed by atoms with Crippen LogP contribution in [0.3, 0.4) is 0 Å². The second kappa shape index (κ2) is 27.6. The van der Waals surface area contributed by atoms with Crippen LogP contribution < -0.4 is 40.9 Å². The monoisotopic (exact) mass is 1180 g/mol. The smallest absolute Gasteiger partial charge is 0.278 e. The Bertz CT molecular complexity index is 3170. The Kier molecular flexibility index (Phi) is 20.6. The molecule has 3 amide bonds. The number of para-hydroxylation sites is 2. The van der Waals surface area contributed by atoms with Crippen LogP contribution in [0, 0.1) is 10.1 Å². The summed E-state index contributed by atoms with van der Waals surface area (Å²) in [5.74, 6) is -0.276. The number of Topliss-reactive ketones (excluding diaryl/α,β-unsaturated/α-hetero) is 1. The minimum absolute atomic E-state index is 0.0150. The summed E-state index contributed by atoms with van der Waals surface area (Å²) in [4.78, 5) is 75.9. The number of nitrogens with one attached hydrogen (secondary N) is 4. The van der Waals surface area contributed by atoms with Gasteiger partial charge >= 0.3 is 0 Å². The highest BCUT2D eigenvalue weighted by Gasteiger charge is 2.49. The summed E-state index contributed by atoms with van der Waals surface area (Å²) in [7, 11) is 8.64. The van der Waals surface area contributed by atoms with Crippen LogP contribution in [-0.4, -0.2) is 126 Å². The summed E-state index contributed by atoms with van der Waals surface area (Å²) >= 11 is 0.575. The highest BCUT2D eigenvalue weighted by molar-refractivity contribution is 8.76. The first-order chi connectivity index (χ1) is 39.4. The first-order valence-corrected chi connectivity index (χ1v) is 30.5. The van der Waals surface area contributed by atoms with Crippen LogP contribution in [0.4, 0.5) is 17.1 Å². The molecule has 2 unspecified atom stereocenters. The molecule has 0 bridgehead atoms. The molecule has 4 heterocycles. The van der Waals surface area contributed by atoms with Gasteiger partial charge in [-0.2, -0.15) is 8.91 Å². The molecule has 0 radical (unpaired) electrons. The van der Waals surface area contributed by atoms with E-state index in [1.54, 1.807) is 33.9 Å². The molecule has 436 valence electrons. The van der Waals surface area contributed by atoms with E-state index in [1.807, 2.05) is 80.5 Å². The Morgan fingerprint density at radius 1 is 0.951 bits per heavy atom. The first kappa shape index (κ1) is 61.3. The molecule has 3 aliphatic heterocycles. The number of unbranched alkanes of at least 4 members (excludes halogenated alkanes) is 1. The van der Waals surface area contributed by atoms with Crippen LogP contribution in [0.25, 0.3) is 0 Å². The van der Waals surface area contributed by atoms with E-state index in [4.69, 9.17) is 9.47 Å². The number of hydrogen-bond acceptors (Lipinski definition) is 18. The van der Waals surface area contributed by atoms with Crippen LogP contribution in [0.15, 0.2) is 125 Å². The van der Waals surface area contributed by atoms with Crippen molar-refractivity contribution in [1.82, 2.24) is 31.2 Å². The van der Waals surface area contributed by atoms with Crippen molar-refractivity contribution in [2.45, 2.75) is 101 Å². The van der Waals surface area contributed by atoms with E-state index < -0.39 is 39.7 Å². The summed E-state index contributed by atoms with van der Waals surface area (Å²) < 4.78 is 18.1. The lowest BCUT2D eigenvalue weighted by molar-refractivity contribution is -0.777. The number of ether oxygens (including phenoxy) is 2. The maximum absolute atomic E-state index is 14.7. The highest BCUT2D eigenvalue weighted by Crippen LogP contribution is 2.50. The van der Waals surface area contributed by atoms with Crippen LogP contribution in [0.5, 0.6) is 11.5 Å². The Morgan fingerprint density at radius 3 is 2.43 bits per heavy atom. The van der Waals surface area contributed by atoms with Crippen LogP contribution >= 0.6 is 33.6 Å². The molecule has 23 heteroatoms. The average Bonchev–Trinajstić information content (AvgIpc) is 2.54. The molecule has 82 heavy (non-hydrogen) atoms. The molecule has 4 aliphatic rings. The van der Waals surface area contributed by atoms with E-state index in [1.165, 1.54) is 13.2 Å². The van der Waals surface area contributed by atoms with Gasteiger partial charge in [0.2, 0.25) is 23.4 Å². The van der Waals surface area contributed by atoms with Crippen molar-refractivity contribution in [3.63, 3.8) is 0 Å². The van der Waals surface area contributed by atoms with E-state index in [0.29, 0.717) is 79.0 Å². The Morgan fingerprint density at radius 2 is 1.71 bits per heavy atom. The molecular formula is C59H71N9O11S3. The molecule has 1 fully saturated rings. The first-order valence-electron chi connectivity index (χ1n) is 27.3. The van der Waals surface area contributed by atoms with Gasteiger partial charge < -0.3 is 45.8 Å². The zero-order chi connectivity index (χ0) is 58.7. The third kappa shape index (κ3) is 13.7. The number of likely N-dealkylation sites (N-methyl/N-ethyl adjacent to an activating group) is 1. The fourth-order valence-electron chi connectivity index (χ4n) is 11.1. The van der Waals surface area contributed by atoms with Gasteiger partial charge in [-0.15, -0.1) is 0 Å². The standard InChI is InChI=1S/C59H71N9O11S3/c1-37(60-28-31-81-82-53-24-14-16-25-62-53)38-32-48(76-8)49(35-47(38)68(73)74)77-30-27-61-52(69)23-13-15-26-63-56(71)43(36-80-79-78-75)64-57(72)46-22-17-29-67(46)54-39(33-50-58(2,3)41-18-9-11-20-44(41)65(50)6)55(70)40(54)34-51-59(4,5)42-19-10-12-21-45(42)66(51)7/h9-12,14,16,18-21,24-25,32-35,37,43,46,60H,13,15,17,22-23,26-31,36H2,1-8H3,(H3-,61,63,64,69,71,72,75)/t37?,43?,46-/m1/s1. The molecule has 1 aliphatic carbocycles. The number of allylic oxidation sites excluding steroid dienone is 5. The number of carbonyl (C=O) groups is 4. The number of nitrogens with zero attached hydrogens (tertiary/aromatic N) is 5. The van der Waals surface area contributed by atoms with Crippen molar-refractivity contribution in [3.8, 4) is 11.5 Å². The number of fused-ring (bicyclic) bond motifs is 2. The number of rotatable bonds is 28. The minimum Gasteiger partial charge on any atom is -0.691 e. The quantitative estimate of drug-likeness (QED) is 0.00630. The third-order valence-corrected chi connectivity index (χ3v) is 18.3. The molecule has 3 aromatic carbocycles. The van der Waals surface area contributed by atoms with Crippen molar-refractivity contribution in [1.29, 1.82) is 0 Å². The number of aromatic nitrogens is 1. The molecule has 8 rings (SSSR count). The van der Waals surface area contributed by atoms with E-state index in [9.17, 15) is 34.5 Å². The molecule has 4 N–H and O–H groups in total. The zero-order valence-electron chi connectivity index (χ0n) is 47.4. The number of nitro benzene ring substituents is 1. The zero-order valence-corrected chi connectivity index (χ0v) is 49.9. The lowest BCUT2D eigenvalue weighted by Gasteiger charge is -2.37. The van der Waals surface area contributed by atoms with Gasteiger partial charge in [-0.3, -0.25) is 34.3 Å². The van der Waals surface area contributed by atoms with Gasteiger partial charge in [0, 0.05) is 103 Å². The number of benzene rings is 3. The summed E-state index contributed by atoms with van der Waals surface area (Å²) in [6, 6.07) is 22.8. The molecule has 0 saturated carbocycles. The van der Waals surface area contributed by atoms with Crippen LogP contribution in [0.1, 0.15) is 89.5 Å². The number of likely N-dealkylation sites (tertiary alicyclic amines) is 1. The number of nitro groups is 1. The SMILES string of the molecule is COc1cc(C(C)NCCSSc2ccccn2)c([N+](=O)[O-])cc1OCCNC(=O)CCCCNC(=O)C(CSOO[O-])NC(=O)[C@H]1CCCN1C1=C(C=C2N(C)c3ccccc3C2(C)C)C(=O)C1=CC1=[N+](C)c2ccccc2C1(C)C. The third-order valence-electron chi connectivity index (χ3n) is 15.4. The topological polar surface area (TPSA) is 242 Å². The van der Waals surface area contributed by atoms with Gasteiger partial charge in [0.05, 0.1) is 52.6 Å². The number of methoxy groups -OCH3 is 1. The molecule has 1 aromatic heterocycles. The summed E-state index contributed by atoms with van der Waals surface area (Å²) in [5, 5.41) is 39.3. The van der Waals surface area contributed by atoms with E-state index in [-0.39, 0.29) is 61.0 Å². The summed E-state index contributed by atoms with van der Waals surface area (Å²) in [5.41, 5.74) is 7.42. The lowest BCUT2D eigenvalue weighted by Crippen LogP contribution is -2.54. The molecule has 20 nitrogen and oxygen atoms in total. The van der Waals surface area contributed by atoms with Gasteiger partial charge in [-0.05, 0) is 93.2 Å². The number of amides is 3. The second-order valence-corrected chi connectivity index (χ2v) is 24.5. The van der Waals surface area contributed by atoms with Crippen molar-refractivity contribution in [3.05, 3.63) is 147 Å².